The zero-order chi connectivity index (χ0) is 17.4. The summed E-state index contributed by atoms with van der Waals surface area (Å²) in [5.74, 6) is 1.16. The second-order valence-electron chi connectivity index (χ2n) is 6.89. The second kappa shape index (κ2) is 6.38. The molecule has 7 nitrogen and oxygen atoms in total. The van der Waals surface area contributed by atoms with Crippen LogP contribution in [0.4, 0.5) is 0 Å². The number of rotatable bonds is 6. The molecule has 7 heteroatoms. The maximum absolute atomic E-state index is 11.5. The summed E-state index contributed by atoms with van der Waals surface area (Å²) < 4.78 is 12.8. The summed E-state index contributed by atoms with van der Waals surface area (Å²) in [6.07, 6.45) is 4.69. The Kier molecular flexibility index (Phi) is 4.07. The van der Waals surface area contributed by atoms with Gasteiger partial charge in [0.25, 0.3) is 0 Å². The molecule has 4 rings (SSSR count). The number of ether oxygens (including phenoxy) is 2. The number of fused-ring (bicyclic) bond motifs is 2. The summed E-state index contributed by atoms with van der Waals surface area (Å²) >= 11 is 0. The summed E-state index contributed by atoms with van der Waals surface area (Å²) in [4.78, 5) is 11.5. The Labute approximate surface area is 145 Å². The number of benzene rings is 1. The Morgan fingerprint density at radius 3 is 2.68 bits per heavy atom. The zero-order valence-corrected chi connectivity index (χ0v) is 14.1. The average Bonchev–Trinajstić information content (AvgIpc) is 3.32. The van der Waals surface area contributed by atoms with E-state index in [4.69, 9.17) is 9.47 Å². The van der Waals surface area contributed by atoms with Gasteiger partial charge in [-0.3, -0.25) is 0 Å². The van der Waals surface area contributed by atoms with Gasteiger partial charge in [0.05, 0.1) is 13.7 Å². The number of methoxy groups -OCH3 is 1. The molecule has 1 heterocycles. The predicted molar refractivity (Wildman–Crippen MR) is 88.9 cm³/mol. The van der Waals surface area contributed by atoms with Crippen LogP contribution in [0.3, 0.4) is 0 Å². The number of carboxylic acids is 1. The molecule has 2 saturated carbocycles. The Balaban J connectivity index is 1.57. The van der Waals surface area contributed by atoms with Crippen LogP contribution in [0.2, 0.25) is 0 Å². The number of carbonyl (C=O) groups is 1. The number of hydrogen-bond donors (Lipinski definition) is 1. The molecule has 0 saturated heterocycles. The molecule has 3 atom stereocenters. The van der Waals surface area contributed by atoms with E-state index >= 15 is 0 Å². The van der Waals surface area contributed by atoms with Crippen molar-refractivity contribution in [2.45, 2.75) is 38.3 Å². The van der Waals surface area contributed by atoms with E-state index in [9.17, 15) is 9.90 Å². The Morgan fingerprint density at radius 1 is 1.28 bits per heavy atom. The molecule has 0 amide bonds. The van der Waals surface area contributed by atoms with E-state index in [2.05, 4.69) is 10.3 Å². The third-order valence-corrected chi connectivity index (χ3v) is 5.32. The van der Waals surface area contributed by atoms with Crippen LogP contribution in [-0.2, 0) is 6.54 Å². The van der Waals surface area contributed by atoms with E-state index < -0.39 is 5.97 Å². The van der Waals surface area contributed by atoms with Gasteiger partial charge in [-0.1, -0.05) is 17.3 Å². The fourth-order valence-corrected chi connectivity index (χ4v) is 4.04. The summed E-state index contributed by atoms with van der Waals surface area (Å²) in [7, 11) is 1.62. The molecule has 0 radical (unpaired) electrons. The second-order valence-corrected chi connectivity index (χ2v) is 6.89. The number of aromatic carboxylic acids is 1. The average molecular weight is 343 g/mol. The number of hydrogen-bond acceptors (Lipinski definition) is 5. The molecule has 3 unspecified atom stereocenters. The Bertz CT molecular complexity index is 771. The van der Waals surface area contributed by atoms with Gasteiger partial charge in [-0.25, -0.2) is 9.48 Å². The van der Waals surface area contributed by atoms with Gasteiger partial charge < -0.3 is 14.6 Å². The smallest absolute Gasteiger partial charge is 0.362 e. The molecule has 132 valence electrons. The lowest BCUT2D eigenvalue weighted by Gasteiger charge is -2.23. The topological polar surface area (TPSA) is 86.5 Å². The highest BCUT2D eigenvalue weighted by atomic mass is 16.5. The molecule has 2 aliphatic carbocycles. The summed E-state index contributed by atoms with van der Waals surface area (Å²) in [6, 6.07) is 7.56. The van der Waals surface area contributed by atoms with Crippen LogP contribution >= 0.6 is 0 Å². The van der Waals surface area contributed by atoms with Gasteiger partial charge in [0, 0.05) is 0 Å². The molecule has 25 heavy (non-hydrogen) atoms. The highest BCUT2D eigenvalue weighted by molar-refractivity contribution is 5.87. The van der Waals surface area contributed by atoms with E-state index in [0.29, 0.717) is 18.4 Å². The summed E-state index contributed by atoms with van der Waals surface area (Å²) in [5, 5.41) is 17.2. The third-order valence-electron chi connectivity index (χ3n) is 5.32. The molecule has 2 aliphatic rings. The van der Waals surface area contributed by atoms with Crippen LogP contribution in [0.5, 0.6) is 11.6 Å². The van der Waals surface area contributed by atoms with Gasteiger partial charge in [-0.2, -0.15) is 0 Å². The van der Waals surface area contributed by atoms with Crippen LogP contribution in [0.25, 0.3) is 0 Å². The van der Waals surface area contributed by atoms with Crippen LogP contribution in [0.1, 0.15) is 41.7 Å². The molecular formula is C18H21N3O4. The quantitative estimate of drug-likeness (QED) is 0.867. The fraction of sp³-hybridized carbons (Fsp3) is 0.500. The predicted octanol–water partition coefficient (Wildman–Crippen LogP) is 2.60. The fourth-order valence-electron chi connectivity index (χ4n) is 4.04. The van der Waals surface area contributed by atoms with Crippen molar-refractivity contribution in [3.05, 3.63) is 35.5 Å². The van der Waals surface area contributed by atoms with Gasteiger partial charge in [0.15, 0.2) is 0 Å². The molecule has 1 aromatic heterocycles. The standard InChI is InChI=1S/C18H21N3O4/c1-24-14-6-3-11(4-7-14)10-21-17(16(18(22)23)19-20-21)25-15-9-12-2-5-13(15)8-12/h3-4,6-7,12-13,15H,2,5,8-10H2,1H3,(H,22,23). The van der Waals surface area contributed by atoms with Crippen LogP contribution < -0.4 is 9.47 Å². The monoisotopic (exact) mass is 343 g/mol. The molecule has 2 fully saturated rings. The van der Waals surface area contributed by atoms with Gasteiger partial charge in [0.1, 0.15) is 11.9 Å². The largest absolute Gasteiger partial charge is 0.497 e. The van der Waals surface area contributed by atoms with Gasteiger partial charge in [-0.15, -0.1) is 5.10 Å². The van der Waals surface area contributed by atoms with Crippen molar-refractivity contribution in [1.82, 2.24) is 15.0 Å². The van der Waals surface area contributed by atoms with Gasteiger partial charge in [-0.05, 0) is 55.2 Å². The van der Waals surface area contributed by atoms with E-state index in [1.807, 2.05) is 24.3 Å². The maximum atomic E-state index is 11.5. The van der Waals surface area contributed by atoms with E-state index in [1.54, 1.807) is 7.11 Å². The van der Waals surface area contributed by atoms with Crippen molar-refractivity contribution in [3.8, 4) is 11.6 Å². The first-order chi connectivity index (χ1) is 12.1. The van der Waals surface area contributed by atoms with Crippen molar-refractivity contribution in [2.75, 3.05) is 7.11 Å². The van der Waals surface area contributed by atoms with Gasteiger partial charge >= 0.3 is 5.97 Å². The Hall–Kier alpha value is -2.57. The van der Waals surface area contributed by atoms with E-state index in [-0.39, 0.29) is 17.7 Å². The van der Waals surface area contributed by atoms with Gasteiger partial charge in [0.2, 0.25) is 11.6 Å². The van der Waals surface area contributed by atoms with E-state index in [1.165, 1.54) is 17.5 Å². The molecule has 1 N–H and O–H groups in total. The molecular weight excluding hydrogens is 322 g/mol. The first kappa shape index (κ1) is 15.9. The van der Waals surface area contributed by atoms with Crippen molar-refractivity contribution in [1.29, 1.82) is 0 Å². The van der Waals surface area contributed by atoms with Crippen LogP contribution in [0.15, 0.2) is 24.3 Å². The maximum Gasteiger partial charge on any atom is 0.362 e. The molecule has 2 aromatic rings. The summed E-state index contributed by atoms with van der Waals surface area (Å²) in [6.45, 7) is 0.403. The van der Waals surface area contributed by atoms with Crippen molar-refractivity contribution in [2.24, 2.45) is 11.8 Å². The first-order valence-corrected chi connectivity index (χ1v) is 8.60. The van der Waals surface area contributed by atoms with E-state index in [0.717, 1.165) is 24.2 Å². The lowest BCUT2D eigenvalue weighted by Crippen LogP contribution is -2.25. The summed E-state index contributed by atoms with van der Waals surface area (Å²) in [5.41, 5.74) is 0.858. The third kappa shape index (κ3) is 3.06. The lowest BCUT2D eigenvalue weighted by atomic mass is 9.98. The minimum Gasteiger partial charge on any atom is -0.497 e. The highest BCUT2D eigenvalue weighted by Gasteiger charge is 2.42. The Morgan fingerprint density at radius 2 is 2.08 bits per heavy atom. The minimum absolute atomic E-state index is 0.0740. The highest BCUT2D eigenvalue weighted by Crippen LogP contribution is 2.46. The van der Waals surface area contributed by atoms with Crippen LogP contribution in [-0.4, -0.2) is 39.3 Å². The molecule has 0 spiro atoms. The number of carboxylic acid groups (broad SMARTS) is 1. The lowest BCUT2D eigenvalue weighted by molar-refractivity contribution is 0.0674. The molecule has 0 aliphatic heterocycles. The van der Waals surface area contributed by atoms with Crippen molar-refractivity contribution >= 4 is 5.97 Å². The van der Waals surface area contributed by atoms with Crippen LogP contribution in [0, 0.1) is 11.8 Å². The molecule has 2 bridgehead atoms. The number of aromatic nitrogens is 3. The van der Waals surface area contributed by atoms with Crippen molar-refractivity contribution in [3.63, 3.8) is 0 Å². The normalized spacial score (nSPS) is 24.4. The molecule has 1 aromatic carbocycles. The minimum atomic E-state index is -1.11. The zero-order valence-electron chi connectivity index (χ0n) is 14.1. The SMILES string of the molecule is COc1ccc(Cn2nnc(C(=O)O)c2OC2CC3CCC2C3)cc1. The van der Waals surface area contributed by atoms with Crippen molar-refractivity contribution < 1.29 is 19.4 Å². The number of nitrogens with zero attached hydrogens (tertiary/aromatic N) is 3. The first-order valence-electron chi connectivity index (χ1n) is 8.60.